The summed E-state index contributed by atoms with van der Waals surface area (Å²) in [6, 6.07) is 21.9. The molecule has 3 aromatic carbocycles. The summed E-state index contributed by atoms with van der Waals surface area (Å²) in [4.78, 5) is 13.2. The van der Waals surface area contributed by atoms with Crippen LogP contribution in [0.4, 0.5) is 4.39 Å². The average molecular weight is 515 g/mol. The van der Waals surface area contributed by atoms with Gasteiger partial charge in [0.1, 0.15) is 11.2 Å². The van der Waals surface area contributed by atoms with Crippen molar-refractivity contribution in [2.24, 2.45) is 0 Å². The zero-order valence-corrected chi connectivity index (χ0v) is 20.6. The van der Waals surface area contributed by atoms with Crippen LogP contribution in [0, 0.1) is 5.82 Å². The fourth-order valence-corrected chi connectivity index (χ4v) is 7.22. The van der Waals surface area contributed by atoms with Crippen molar-refractivity contribution in [2.75, 3.05) is 25.4 Å². The molecule has 4 rings (SSSR count). The Morgan fingerprint density at radius 3 is 2.34 bits per heavy atom. The normalized spacial score (nSPS) is 17.4. The van der Waals surface area contributed by atoms with Gasteiger partial charge in [-0.05, 0) is 47.4 Å². The summed E-state index contributed by atoms with van der Waals surface area (Å²) in [7, 11) is -3.86. The molecule has 0 radical (unpaired) electrons. The largest absolute Gasteiger partial charge is 0.396 e. The van der Waals surface area contributed by atoms with Crippen molar-refractivity contribution >= 4 is 27.6 Å². The lowest BCUT2D eigenvalue weighted by Crippen LogP contribution is -2.43. The molecule has 35 heavy (non-hydrogen) atoms. The van der Waals surface area contributed by atoms with Gasteiger partial charge in [0, 0.05) is 24.9 Å². The van der Waals surface area contributed by atoms with E-state index in [2.05, 4.69) is 5.32 Å². The Bertz CT molecular complexity index is 1240. The molecule has 3 aromatic rings. The molecular formula is C26H27FN2O4S2. The first kappa shape index (κ1) is 25.5. The highest BCUT2D eigenvalue weighted by atomic mass is 32.2. The van der Waals surface area contributed by atoms with Crippen LogP contribution in [-0.2, 0) is 14.8 Å². The van der Waals surface area contributed by atoms with E-state index in [4.69, 9.17) is 0 Å². The van der Waals surface area contributed by atoms with E-state index in [0.717, 1.165) is 16.7 Å². The Labute approximate surface area is 209 Å². The summed E-state index contributed by atoms with van der Waals surface area (Å²) >= 11 is 1.30. The number of hydrogen-bond acceptors (Lipinski definition) is 6. The van der Waals surface area contributed by atoms with Crippen LogP contribution < -0.4 is 5.32 Å². The van der Waals surface area contributed by atoms with Crippen molar-refractivity contribution < 1.29 is 22.7 Å². The number of Topliss-reactive ketones (excluding diaryl/α,β-unsaturated/α-hetero) is 1. The third-order valence-corrected chi connectivity index (χ3v) is 9.17. The van der Waals surface area contributed by atoms with Gasteiger partial charge in [0.2, 0.25) is 10.0 Å². The molecule has 1 fully saturated rings. The van der Waals surface area contributed by atoms with Gasteiger partial charge in [0.25, 0.3) is 0 Å². The third-order valence-electron chi connectivity index (χ3n) is 5.91. The molecule has 1 aliphatic rings. The molecule has 2 atom stereocenters. The summed E-state index contributed by atoms with van der Waals surface area (Å²) < 4.78 is 41.3. The van der Waals surface area contributed by atoms with E-state index in [1.54, 1.807) is 36.4 Å². The zero-order valence-electron chi connectivity index (χ0n) is 19.0. The van der Waals surface area contributed by atoms with Crippen LogP contribution in [0.2, 0.25) is 0 Å². The minimum Gasteiger partial charge on any atom is -0.396 e. The number of ketones is 1. The van der Waals surface area contributed by atoms with Crippen LogP contribution in [0.25, 0.3) is 11.1 Å². The second kappa shape index (κ2) is 11.5. The molecular weight excluding hydrogens is 487 g/mol. The molecule has 0 spiro atoms. The Morgan fingerprint density at radius 2 is 1.69 bits per heavy atom. The fraction of sp³-hybridized carbons (Fsp3) is 0.269. The molecule has 6 nitrogen and oxygen atoms in total. The second-order valence-electron chi connectivity index (χ2n) is 8.19. The van der Waals surface area contributed by atoms with Crippen molar-refractivity contribution in [1.29, 1.82) is 0 Å². The summed E-state index contributed by atoms with van der Waals surface area (Å²) in [6.45, 7) is 0.0709. The number of nitrogens with zero attached hydrogens (tertiary/aromatic N) is 1. The predicted octanol–water partition coefficient (Wildman–Crippen LogP) is 3.84. The number of sulfonamides is 1. The van der Waals surface area contributed by atoms with Gasteiger partial charge in [-0.3, -0.25) is 4.79 Å². The van der Waals surface area contributed by atoms with E-state index in [1.807, 2.05) is 30.3 Å². The zero-order chi connectivity index (χ0) is 24.8. The summed E-state index contributed by atoms with van der Waals surface area (Å²) in [5.41, 5.74) is 2.65. The first-order valence-electron chi connectivity index (χ1n) is 11.3. The topological polar surface area (TPSA) is 86.7 Å². The molecule has 2 N–H and O–H groups in total. The van der Waals surface area contributed by atoms with Crippen LogP contribution in [0.3, 0.4) is 0 Å². The number of hydrogen-bond donors (Lipinski definition) is 2. The van der Waals surface area contributed by atoms with Crippen molar-refractivity contribution in [2.45, 2.75) is 22.7 Å². The number of rotatable bonds is 10. The lowest BCUT2D eigenvalue weighted by molar-refractivity contribution is -0.119. The van der Waals surface area contributed by atoms with Gasteiger partial charge in [-0.15, -0.1) is 11.8 Å². The summed E-state index contributed by atoms with van der Waals surface area (Å²) in [5.74, 6) is -0.106. The Hall–Kier alpha value is -2.56. The van der Waals surface area contributed by atoms with Crippen molar-refractivity contribution in [3.63, 3.8) is 0 Å². The molecule has 0 unspecified atom stereocenters. The van der Waals surface area contributed by atoms with E-state index in [1.165, 1.54) is 28.2 Å². The summed E-state index contributed by atoms with van der Waals surface area (Å²) in [5, 5.41) is 11.7. The van der Waals surface area contributed by atoms with Crippen molar-refractivity contribution in [1.82, 2.24) is 9.62 Å². The number of aliphatic hydroxyl groups excluding tert-OH is 1. The molecule has 1 saturated heterocycles. The maximum absolute atomic E-state index is 13.4. The van der Waals surface area contributed by atoms with Gasteiger partial charge in [0.05, 0.1) is 11.4 Å². The van der Waals surface area contributed by atoms with Crippen LogP contribution >= 0.6 is 11.8 Å². The molecule has 0 aromatic heterocycles. The standard InChI is InChI=1S/C26H27FN2O4S2/c27-22-10-6-21(7-11-22)24(14-16-30)28-18-25(31)26-29(15-17-34-26)35(32,33)23-12-8-20(9-13-23)19-4-2-1-3-5-19/h1-13,24,26,28,30H,14-18H2/t24-,26-/m0/s1. The quantitative estimate of drug-likeness (QED) is 0.428. The number of halogens is 1. The Kier molecular flexibility index (Phi) is 8.35. The van der Waals surface area contributed by atoms with E-state index in [9.17, 15) is 22.7 Å². The van der Waals surface area contributed by atoms with Crippen LogP contribution in [-0.4, -0.2) is 54.4 Å². The first-order chi connectivity index (χ1) is 16.9. The smallest absolute Gasteiger partial charge is 0.244 e. The SMILES string of the molecule is O=C(CN[C@@H](CCO)c1ccc(F)cc1)[C@@H]1SCCN1S(=O)(=O)c1ccc(-c2ccccc2)cc1. The lowest BCUT2D eigenvalue weighted by atomic mass is 10.0. The van der Waals surface area contributed by atoms with Crippen LogP contribution in [0.5, 0.6) is 0 Å². The second-order valence-corrected chi connectivity index (χ2v) is 11.3. The van der Waals surface area contributed by atoms with Gasteiger partial charge < -0.3 is 10.4 Å². The molecule has 184 valence electrons. The third kappa shape index (κ3) is 5.99. The average Bonchev–Trinajstić information content (AvgIpc) is 3.39. The van der Waals surface area contributed by atoms with Crippen molar-refractivity contribution in [3.8, 4) is 11.1 Å². The van der Waals surface area contributed by atoms with Gasteiger partial charge in [-0.25, -0.2) is 12.8 Å². The van der Waals surface area contributed by atoms with E-state index in [0.29, 0.717) is 12.2 Å². The maximum atomic E-state index is 13.4. The molecule has 0 saturated carbocycles. The Morgan fingerprint density at radius 1 is 1.03 bits per heavy atom. The van der Waals surface area contributed by atoms with E-state index < -0.39 is 15.4 Å². The molecule has 9 heteroatoms. The van der Waals surface area contributed by atoms with Crippen molar-refractivity contribution in [3.05, 3.63) is 90.2 Å². The van der Waals surface area contributed by atoms with Gasteiger partial charge in [-0.1, -0.05) is 54.6 Å². The highest BCUT2D eigenvalue weighted by Gasteiger charge is 2.39. The van der Waals surface area contributed by atoms with Gasteiger partial charge in [-0.2, -0.15) is 4.31 Å². The van der Waals surface area contributed by atoms with Gasteiger partial charge in [0.15, 0.2) is 5.78 Å². The molecule has 1 aliphatic heterocycles. The van der Waals surface area contributed by atoms with E-state index in [-0.39, 0.29) is 42.2 Å². The lowest BCUT2D eigenvalue weighted by Gasteiger charge is -2.24. The first-order valence-corrected chi connectivity index (χ1v) is 13.8. The van der Waals surface area contributed by atoms with Crippen LogP contribution in [0.15, 0.2) is 83.8 Å². The molecule has 1 heterocycles. The van der Waals surface area contributed by atoms with Crippen LogP contribution in [0.1, 0.15) is 18.0 Å². The summed E-state index contributed by atoms with van der Waals surface area (Å²) in [6.07, 6.45) is 0.340. The predicted molar refractivity (Wildman–Crippen MR) is 136 cm³/mol. The maximum Gasteiger partial charge on any atom is 0.244 e. The highest BCUT2D eigenvalue weighted by molar-refractivity contribution is 8.02. The molecule has 0 aliphatic carbocycles. The molecule has 0 bridgehead atoms. The minimum absolute atomic E-state index is 0.0708. The number of carbonyl (C=O) groups excluding carboxylic acids is 1. The van der Waals surface area contributed by atoms with Gasteiger partial charge >= 0.3 is 0 Å². The highest BCUT2D eigenvalue weighted by Crippen LogP contribution is 2.32. The number of nitrogens with one attached hydrogen (secondary N) is 1. The van der Waals surface area contributed by atoms with E-state index >= 15 is 0 Å². The Balaban J connectivity index is 1.45. The fourth-order valence-electron chi connectivity index (χ4n) is 4.06. The number of carbonyl (C=O) groups is 1. The number of benzene rings is 3. The monoisotopic (exact) mass is 514 g/mol. The number of aliphatic hydroxyl groups is 1. The number of thioether (sulfide) groups is 1. The molecule has 0 amide bonds. The minimum atomic E-state index is -3.86.